The predicted octanol–water partition coefficient (Wildman–Crippen LogP) is 6.20. The van der Waals surface area contributed by atoms with Crippen LogP contribution in [0.2, 0.25) is 0 Å². The lowest BCUT2D eigenvalue weighted by Crippen LogP contribution is -2.20. The summed E-state index contributed by atoms with van der Waals surface area (Å²) in [5.41, 5.74) is 5.11. The third-order valence-corrected chi connectivity index (χ3v) is 5.37. The van der Waals surface area contributed by atoms with Crippen molar-refractivity contribution in [3.8, 4) is 11.5 Å². The standard InChI is InChI=1S/C25H34O3/c1-15-8-18(4)23(27)20(10-15)14-25(6,7)13-17(3)12-22(26)21-11-16(2)9-19(5)24(21)28/h8-11,17,27-28H,12-14H2,1-7H3. The van der Waals surface area contributed by atoms with Crippen molar-refractivity contribution in [2.75, 3.05) is 0 Å². The summed E-state index contributed by atoms with van der Waals surface area (Å²) < 4.78 is 0. The minimum Gasteiger partial charge on any atom is -0.507 e. The molecule has 0 aliphatic rings. The zero-order chi connectivity index (χ0) is 21.2. The largest absolute Gasteiger partial charge is 0.507 e. The molecule has 0 spiro atoms. The highest BCUT2D eigenvalue weighted by Gasteiger charge is 2.26. The molecule has 0 saturated heterocycles. The average Bonchev–Trinajstić information content (AvgIpc) is 2.54. The number of ketones is 1. The Labute approximate surface area is 169 Å². The second-order valence-corrected chi connectivity index (χ2v) is 9.35. The molecular weight excluding hydrogens is 348 g/mol. The maximum atomic E-state index is 12.8. The summed E-state index contributed by atoms with van der Waals surface area (Å²) in [6.07, 6.45) is 2.02. The van der Waals surface area contributed by atoms with E-state index >= 15 is 0 Å². The summed E-state index contributed by atoms with van der Waals surface area (Å²) in [5, 5.41) is 20.7. The molecule has 0 aliphatic carbocycles. The first-order valence-electron chi connectivity index (χ1n) is 10.0. The molecule has 0 bridgehead atoms. The number of benzene rings is 2. The molecule has 3 heteroatoms. The summed E-state index contributed by atoms with van der Waals surface area (Å²) in [4.78, 5) is 12.8. The normalized spacial score (nSPS) is 12.8. The Kier molecular flexibility index (Phi) is 6.59. The first-order chi connectivity index (χ1) is 12.9. The molecule has 152 valence electrons. The van der Waals surface area contributed by atoms with Crippen LogP contribution in [0, 0.1) is 39.0 Å². The molecule has 0 aromatic heterocycles. The van der Waals surface area contributed by atoms with E-state index in [9.17, 15) is 15.0 Å². The average molecular weight is 383 g/mol. The molecule has 1 atom stereocenters. The molecule has 0 saturated carbocycles. The van der Waals surface area contributed by atoms with Gasteiger partial charge in [-0.3, -0.25) is 4.79 Å². The summed E-state index contributed by atoms with van der Waals surface area (Å²) in [5.74, 6) is 0.641. The Morgan fingerprint density at radius 3 is 2.07 bits per heavy atom. The lowest BCUT2D eigenvalue weighted by Gasteiger charge is -2.29. The Bertz CT molecular complexity index is 878. The van der Waals surface area contributed by atoms with Crippen molar-refractivity contribution in [1.29, 1.82) is 0 Å². The van der Waals surface area contributed by atoms with E-state index in [0.717, 1.165) is 40.7 Å². The third-order valence-electron chi connectivity index (χ3n) is 5.37. The molecular formula is C25H34O3. The van der Waals surface area contributed by atoms with E-state index < -0.39 is 0 Å². The molecule has 2 aromatic rings. The summed E-state index contributed by atoms with van der Waals surface area (Å²) in [6.45, 7) is 14.2. The maximum Gasteiger partial charge on any atom is 0.166 e. The number of phenolic OH excluding ortho intramolecular Hbond substituents is 2. The van der Waals surface area contributed by atoms with Gasteiger partial charge in [-0.05, 0) is 80.2 Å². The molecule has 0 aliphatic heterocycles. The Hall–Kier alpha value is -2.29. The van der Waals surface area contributed by atoms with Gasteiger partial charge in [-0.25, -0.2) is 0 Å². The highest BCUT2D eigenvalue weighted by atomic mass is 16.3. The van der Waals surface area contributed by atoms with Gasteiger partial charge in [-0.2, -0.15) is 0 Å². The van der Waals surface area contributed by atoms with E-state index in [2.05, 4.69) is 20.8 Å². The fraction of sp³-hybridized carbons (Fsp3) is 0.480. The van der Waals surface area contributed by atoms with E-state index in [1.54, 1.807) is 6.07 Å². The van der Waals surface area contributed by atoms with Crippen LogP contribution in [-0.2, 0) is 6.42 Å². The van der Waals surface area contributed by atoms with Gasteiger partial charge in [0.05, 0.1) is 5.56 Å². The predicted molar refractivity (Wildman–Crippen MR) is 115 cm³/mol. The van der Waals surface area contributed by atoms with Crippen LogP contribution in [0.4, 0.5) is 0 Å². The molecule has 2 N–H and O–H groups in total. The van der Waals surface area contributed by atoms with Crippen molar-refractivity contribution in [3.05, 3.63) is 57.6 Å². The van der Waals surface area contributed by atoms with Crippen molar-refractivity contribution in [1.82, 2.24) is 0 Å². The summed E-state index contributed by atoms with van der Waals surface area (Å²) in [7, 11) is 0. The van der Waals surface area contributed by atoms with Gasteiger partial charge < -0.3 is 10.2 Å². The van der Waals surface area contributed by atoms with Crippen molar-refractivity contribution in [2.24, 2.45) is 11.3 Å². The maximum absolute atomic E-state index is 12.8. The quantitative estimate of drug-likeness (QED) is 0.561. The minimum atomic E-state index is -0.0536. The molecule has 2 aromatic carbocycles. The van der Waals surface area contributed by atoms with Crippen molar-refractivity contribution < 1.29 is 15.0 Å². The minimum absolute atomic E-state index is 0.0122. The smallest absolute Gasteiger partial charge is 0.166 e. The van der Waals surface area contributed by atoms with Gasteiger partial charge in [0.1, 0.15) is 11.5 Å². The monoisotopic (exact) mass is 382 g/mol. The van der Waals surface area contributed by atoms with E-state index in [1.807, 2.05) is 45.9 Å². The van der Waals surface area contributed by atoms with Crippen molar-refractivity contribution in [3.63, 3.8) is 0 Å². The van der Waals surface area contributed by atoms with Gasteiger partial charge >= 0.3 is 0 Å². The number of rotatable bonds is 7. The zero-order valence-electron chi connectivity index (χ0n) is 18.3. The number of hydrogen-bond acceptors (Lipinski definition) is 3. The highest BCUT2D eigenvalue weighted by Crippen LogP contribution is 2.36. The number of carbonyl (C=O) groups is 1. The molecule has 2 rings (SSSR count). The van der Waals surface area contributed by atoms with E-state index in [0.29, 0.717) is 17.7 Å². The zero-order valence-corrected chi connectivity index (χ0v) is 18.3. The first kappa shape index (κ1) is 22.0. The lowest BCUT2D eigenvalue weighted by atomic mass is 9.76. The third kappa shape index (κ3) is 5.37. The number of aryl methyl sites for hydroxylation is 4. The van der Waals surface area contributed by atoms with Crippen molar-refractivity contribution in [2.45, 2.75) is 67.7 Å². The number of carbonyl (C=O) groups excluding carboxylic acids is 1. The van der Waals surface area contributed by atoms with Crippen LogP contribution in [0.15, 0.2) is 24.3 Å². The van der Waals surface area contributed by atoms with Gasteiger partial charge in [-0.15, -0.1) is 0 Å². The topological polar surface area (TPSA) is 57.5 Å². The molecule has 0 amide bonds. The van der Waals surface area contributed by atoms with Crippen LogP contribution in [0.3, 0.4) is 0 Å². The van der Waals surface area contributed by atoms with Gasteiger partial charge in [0.2, 0.25) is 0 Å². The highest BCUT2D eigenvalue weighted by molar-refractivity contribution is 5.99. The summed E-state index contributed by atoms with van der Waals surface area (Å²) in [6, 6.07) is 7.70. The first-order valence-corrected chi connectivity index (χ1v) is 10.0. The molecule has 28 heavy (non-hydrogen) atoms. The molecule has 0 radical (unpaired) electrons. The SMILES string of the molecule is Cc1cc(C)c(O)c(CC(C)(C)CC(C)CC(=O)c2cc(C)cc(C)c2O)c1. The van der Waals surface area contributed by atoms with Crippen LogP contribution in [0.1, 0.15) is 71.8 Å². The second-order valence-electron chi connectivity index (χ2n) is 9.35. The Morgan fingerprint density at radius 1 is 0.929 bits per heavy atom. The van der Waals surface area contributed by atoms with Crippen LogP contribution in [0.25, 0.3) is 0 Å². The second kappa shape index (κ2) is 8.38. The molecule has 0 heterocycles. The van der Waals surface area contributed by atoms with Gasteiger partial charge in [-0.1, -0.05) is 44.5 Å². The number of aromatic hydroxyl groups is 2. The van der Waals surface area contributed by atoms with Gasteiger partial charge in [0.15, 0.2) is 5.78 Å². The van der Waals surface area contributed by atoms with Crippen LogP contribution in [0.5, 0.6) is 11.5 Å². The fourth-order valence-corrected chi connectivity index (χ4v) is 4.38. The lowest BCUT2D eigenvalue weighted by molar-refractivity contribution is 0.0949. The van der Waals surface area contributed by atoms with E-state index in [4.69, 9.17) is 0 Å². The number of phenols is 2. The molecule has 1 unspecified atom stereocenters. The molecule has 3 nitrogen and oxygen atoms in total. The fourth-order valence-electron chi connectivity index (χ4n) is 4.38. The van der Waals surface area contributed by atoms with E-state index in [-0.39, 0.29) is 22.9 Å². The van der Waals surface area contributed by atoms with Gasteiger partial charge in [0, 0.05) is 6.42 Å². The number of hydrogen-bond donors (Lipinski definition) is 2. The Morgan fingerprint density at radius 2 is 1.46 bits per heavy atom. The number of Topliss-reactive ketones (excluding diaryl/α,β-unsaturated/α-hetero) is 1. The van der Waals surface area contributed by atoms with Crippen molar-refractivity contribution >= 4 is 5.78 Å². The van der Waals surface area contributed by atoms with Gasteiger partial charge in [0.25, 0.3) is 0 Å². The summed E-state index contributed by atoms with van der Waals surface area (Å²) >= 11 is 0. The molecule has 0 fully saturated rings. The van der Waals surface area contributed by atoms with Crippen LogP contribution < -0.4 is 0 Å². The van der Waals surface area contributed by atoms with Crippen LogP contribution >= 0.6 is 0 Å². The van der Waals surface area contributed by atoms with E-state index in [1.165, 1.54) is 0 Å². The Balaban J connectivity index is 2.09. The van der Waals surface area contributed by atoms with Crippen LogP contribution in [-0.4, -0.2) is 16.0 Å².